The average molecular weight is 447 g/mol. The van der Waals surface area contributed by atoms with Gasteiger partial charge in [0, 0.05) is 24.1 Å². The molecule has 2 aromatic rings. The van der Waals surface area contributed by atoms with Gasteiger partial charge >= 0.3 is 12.1 Å². The smallest absolute Gasteiger partial charge is 0.417 e. The molecule has 0 bridgehead atoms. The second-order valence-electron chi connectivity index (χ2n) is 7.08. The van der Waals surface area contributed by atoms with Crippen LogP contribution in [0.4, 0.5) is 19.0 Å². The van der Waals surface area contributed by atoms with Crippen molar-refractivity contribution in [2.45, 2.75) is 31.6 Å². The van der Waals surface area contributed by atoms with Crippen LogP contribution >= 0.6 is 0 Å². The third-order valence-corrected chi connectivity index (χ3v) is 5.03. The zero-order valence-electron chi connectivity index (χ0n) is 16.3. The number of rotatable bonds is 6. The van der Waals surface area contributed by atoms with Gasteiger partial charge in [-0.25, -0.2) is 4.98 Å². The number of anilines is 1. The van der Waals surface area contributed by atoms with Gasteiger partial charge in [0.15, 0.2) is 0 Å². The summed E-state index contributed by atoms with van der Waals surface area (Å²) >= 11 is 0. The summed E-state index contributed by atoms with van der Waals surface area (Å²) in [6.45, 7) is -0.0902. The van der Waals surface area contributed by atoms with Gasteiger partial charge in [0.2, 0.25) is 5.91 Å². The SMILES string of the molecule is N#Cc1c(C(F)(F)F)cc(-c2ccc3c(c2)CN(C(CCC(=O)O)C(N)=O)C3=O)nc1N. The highest BCUT2D eigenvalue weighted by atomic mass is 19.4. The summed E-state index contributed by atoms with van der Waals surface area (Å²) in [4.78, 5) is 40.3. The largest absolute Gasteiger partial charge is 0.481 e. The number of pyridine rings is 1. The Morgan fingerprint density at radius 3 is 2.56 bits per heavy atom. The zero-order valence-corrected chi connectivity index (χ0v) is 16.3. The van der Waals surface area contributed by atoms with E-state index in [0.29, 0.717) is 11.6 Å². The molecule has 1 aromatic heterocycles. The van der Waals surface area contributed by atoms with Crippen LogP contribution in [0, 0.1) is 11.3 Å². The second kappa shape index (κ2) is 8.18. The highest BCUT2D eigenvalue weighted by molar-refractivity contribution is 6.01. The van der Waals surface area contributed by atoms with E-state index >= 15 is 0 Å². The van der Waals surface area contributed by atoms with E-state index in [2.05, 4.69) is 4.98 Å². The number of alkyl halides is 3. The van der Waals surface area contributed by atoms with E-state index in [1.807, 2.05) is 0 Å². The van der Waals surface area contributed by atoms with Crippen molar-refractivity contribution < 1.29 is 32.7 Å². The second-order valence-corrected chi connectivity index (χ2v) is 7.08. The summed E-state index contributed by atoms with van der Waals surface area (Å²) in [7, 11) is 0. The monoisotopic (exact) mass is 447 g/mol. The molecule has 0 spiro atoms. The Labute approximate surface area is 179 Å². The molecule has 0 radical (unpaired) electrons. The van der Waals surface area contributed by atoms with Gasteiger partial charge in [-0.3, -0.25) is 14.4 Å². The fourth-order valence-corrected chi connectivity index (χ4v) is 3.52. The summed E-state index contributed by atoms with van der Waals surface area (Å²) in [6, 6.07) is 5.10. The van der Waals surface area contributed by atoms with Crippen molar-refractivity contribution in [2.24, 2.45) is 5.73 Å². The Hall–Kier alpha value is -4.14. The predicted octanol–water partition coefficient (Wildman–Crippen LogP) is 1.90. The van der Waals surface area contributed by atoms with Crippen molar-refractivity contribution in [3.8, 4) is 17.3 Å². The number of nitriles is 1. The summed E-state index contributed by atoms with van der Waals surface area (Å²) in [5.41, 5.74) is 9.53. The van der Waals surface area contributed by atoms with Gasteiger partial charge in [-0.1, -0.05) is 6.07 Å². The Bertz CT molecular complexity index is 1170. The van der Waals surface area contributed by atoms with E-state index in [1.165, 1.54) is 24.3 Å². The molecule has 0 saturated carbocycles. The highest BCUT2D eigenvalue weighted by Gasteiger charge is 2.37. The van der Waals surface area contributed by atoms with Gasteiger partial charge < -0.3 is 21.5 Å². The number of nitrogen functional groups attached to an aromatic ring is 1. The lowest BCUT2D eigenvalue weighted by molar-refractivity contribution is -0.138. The number of hydrogen-bond donors (Lipinski definition) is 3. The normalized spacial score (nSPS) is 14.1. The molecular formula is C20H16F3N5O4. The van der Waals surface area contributed by atoms with Crippen LogP contribution in [-0.2, 0) is 22.3 Å². The molecule has 12 heteroatoms. The summed E-state index contributed by atoms with van der Waals surface area (Å²) in [6.07, 6.45) is -5.40. The van der Waals surface area contributed by atoms with Crippen LogP contribution in [0.15, 0.2) is 24.3 Å². The number of hydrogen-bond acceptors (Lipinski definition) is 6. The molecule has 166 valence electrons. The third kappa shape index (κ3) is 4.18. The summed E-state index contributed by atoms with van der Waals surface area (Å²) in [5, 5.41) is 17.9. The highest BCUT2D eigenvalue weighted by Crippen LogP contribution is 2.37. The van der Waals surface area contributed by atoms with E-state index < -0.39 is 46.9 Å². The number of carbonyl (C=O) groups excluding carboxylic acids is 2. The number of nitrogens with zero attached hydrogens (tertiary/aromatic N) is 3. The number of benzene rings is 1. The quantitative estimate of drug-likeness (QED) is 0.609. The number of aliphatic carboxylic acids is 1. The van der Waals surface area contributed by atoms with Gasteiger partial charge in [0.25, 0.3) is 5.91 Å². The number of carboxylic acid groups (broad SMARTS) is 1. The summed E-state index contributed by atoms with van der Waals surface area (Å²) < 4.78 is 40.1. The first-order valence-corrected chi connectivity index (χ1v) is 9.17. The fraction of sp³-hybridized carbons (Fsp3) is 0.250. The standard InChI is InChI=1S/C20H16F3N5O4/c21-20(22,23)13-6-14(27-17(25)12(13)7-24)9-1-2-11-10(5-9)8-28(19(11)32)15(18(26)31)3-4-16(29)30/h1-2,5-6,15H,3-4,8H2,(H2,25,27)(H2,26,31)(H,29,30). The predicted molar refractivity (Wildman–Crippen MR) is 104 cm³/mol. The number of amides is 2. The van der Waals surface area contributed by atoms with Crippen LogP contribution in [0.5, 0.6) is 0 Å². The lowest BCUT2D eigenvalue weighted by Gasteiger charge is -2.24. The van der Waals surface area contributed by atoms with E-state index in [9.17, 15) is 27.6 Å². The average Bonchev–Trinajstić information content (AvgIpc) is 3.02. The number of nitrogens with two attached hydrogens (primary N) is 2. The zero-order chi connectivity index (χ0) is 23.8. The maximum absolute atomic E-state index is 13.4. The lowest BCUT2D eigenvalue weighted by atomic mass is 10.0. The van der Waals surface area contributed by atoms with Crippen molar-refractivity contribution >= 4 is 23.6 Å². The van der Waals surface area contributed by atoms with Crippen LogP contribution in [0.25, 0.3) is 11.3 Å². The van der Waals surface area contributed by atoms with Crippen LogP contribution in [-0.4, -0.2) is 38.8 Å². The molecular weight excluding hydrogens is 431 g/mol. The number of carboxylic acids is 1. The number of halogens is 3. The molecule has 9 nitrogen and oxygen atoms in total. The molecule has 0 saturated heterocycles. The Morgan fingerprint density at radius 2 is 2.00 bits per heavy atom. The third-order valence-electron chi connectivity index (χ3n) is 5.03. The maximum Gasteiger partial charge on any atom is 0.417 e. The first kappa shape index (κ1) is 22.5. The minimum absolute atomic E-state index is 0.0902. The molecule has 1 aromatic carbocycles. The van der Waals surface area contributed by atoms with E-state index in [-0.39, 0.29) is 36.2 Å². The molecule has 2 amide bonds. The number of aromatic nitrogens is 1. The molecule has 32 heavy (non-hydrogen) atoms. The lowest BCUT2D eigenvalue weighted by Crippen LogP contribution is -2.45. The van der Waals surface area contributed by atoms with Crippen molar-refractivity contribution in [1.29, 1.82) is 5.26 Å². The molecule has 2 heterocycles. The number of fused-ring (bicyclic) bond motifs is 1. The Kier molecular flexibility index (Phi) is 5.76. The maximum atomic E-state index is 13.4. The Morgan fingerprint density at radius 1 is 1.31 bits per heavy atom. The van der Waals surface area contributed by atoms with Gasteiger partial charge in [0.1, 0.15) is 23.5 Å². The van der Waals surface area contributed by atoms with Crippen molar-refractivity contribution in [1.82, 2.24) is 9.88 Å². The van der Waals surface area contributed by atoms with E-state index in [1.54, 1.807) is 0 Å². The van der Waals surface area contributed by atoms with E-state index in [4.69, 9.17) is 21.8 Å². The number of carbonyl (C=O) groups is 3. The molecule has 0 aliphatic carbocycles. The molecule has 3 rings (SSSR count). The molecule has 5 N–H and O–H groups in total. The first-order valence-electron chi connectivity index (χ1n) is 9.17. The van der Waals surface area contributed by atoms with Crippen LogP contribution in [0.1, 0.15) is 39.9 Å². The summed E-state index contributed by atoms with van der Waals surface area (Å²) in [5.74, 6) is -3.17. The van der Waals surface area contributed by atoms with Crippen LogP contribution in [0.2, 0.25) is 0 Å². The topological polar surface area (TPSA) is 163 Å². The number of primary amides is 1. The van der Waals surface area contributed by atoms with Gasteiger partial charge in [0.05, 0.1) is 11.3 Å². The van der Waals surface area contributed by atoms with Crippen molar-refractivity contribution in [2.75, 3.05) is 5.73 Å². The molecule has 1 aliphatic heterocycles. The van der Waals surface area contributed by atoms with Gasteiger partial charge in [-0.15, -0.1) is 0 Å². The van der Waals surface area contributed by atoms with Crippen molar-refractivity contribution in [3.63, 3.8) is 0 Å². The molecule has 0 fully saturated rings. The van der Waals surface area contributed by atoms with Gasteiger partial charge in [-0.05, 0) is 30.2 Å². The van der Waals surface area contributed by atoms with E-state index in [0.717, 1.165) is 4.90 Å². The van der Waals surface area contributed by atoms with Crippen molar-refractivity contribution in [3.05, 3.63) is 46.5 Å². The molecule has 1 atom stereocenters. The van der Waals surface area contributed by atoms with Crippen LogP contribution < -0.4 is 11.5 Å². The minimum atomic E-state index is -4.83. The Balaban J connectivity index is 1.99. The first-order chi connectivity index (χ1) is 14.9. The molecule has 1 unspecified atom stereocenters. The van der Waals surface area contributed by atoms with Gasteiger partial charge in [-0.2, -0.15) is 18.4 Å². The fourth-order valence-electron chi connectivity index (χ4n) is 3.52. The van der Waals surface area contributed by atoms with Crippen LogP contribution in [0.3, 0.4) is 0 Å². The molecule has 1 aliphatic rings. The minimum Gasteiger partial charge on any atom is -0.481 e.